The fraction of sp³-hybridized carbons (Fsp3) is 0.750. The molecule has 4 bridgehead atoms. The molecule has 2 N–H and O–H groups in total. The summed E-state index contributed by atoms with van der Waals surface area (Å²) in [5.41, 5.74) is 5.60. The lowest BCUT2D eigenvalue weighted by Crippen LogP contribution is -2.43. The number of hydrogen-bond donors (Lipinski definition) is 1. The van der Waals surface area contributed by atoms with Crippen molar-refractivity contribution < 1.29 is 4.42 Å². The number of furan rings is 1. The zero-order chi connectivity index (χ0) is 12.1. The minimum Gasteiger partial charge on any atom is -0.466 e. The van der Waals surface area contributed by atoms with E-state index in [4.69, 9.17) is 10.2 Å². The van der Waals surface area contributed by atoms with E-state index in [0.717, 1.165) is 41.8 Å². The molecule has 0 radical (unpaired) electrons. The van der Waals surface area contributed by atoms with Gasteiger partial charge in [-0.25, -0.2) is 0 Å². The smallest absolute Gasteiger partial charge is 0.107 e. The van der Waals surface area contributed by atoms with Crippen LogP contribution in [0.3, 0.4) is 0 Å². The summed E-state index contributed by atoms with van der Waals surface area (Å²) in [5.74, 6) is 7.00. The van der Waals surface area contributed by atoms with Crippen LogP contribution in [0.4, 0.5) is 0 Å². The van der Waals surface area contributed by atoms with Crippen LogP contribution in [0.5, 0.6) is 0 Å². The van der Waals surface area contributed by atoms with Gasteiger partial charge in [0.25, 0.3) is 0 Å². The summed E-state index contributed by atoms with van der Waals surface area (Å²) in [6.45, 7) is 0.689. The normalized spacial score (nSPS) is 41.5. The highest BCUT2D eigenvalue weighted by molar-refractivity contribution is 5.17. The third-order valence-corrected chi connectivity index (χ3v) is 5.63. The molecule has 0 atom stereocenters. The lowest BCUT2D eigenvalue weighted by atomic mass is 9.51. The summed E-state index contributed by atoms with van der Waals surface area (Å²) >= 11 is 0. The van der Waals surface area contributed by atoms with Crippen LogP contribution < -0.4 is 5.73 Å². The van der Waals surface area contributed by atoms with Gasteiger partial charge in [-0.1, -0.05) is 0 Å². The summed E-state index contributed by atoms with van der Waals surface area (Å²) in [5, 5.41) is 0. The average Bonchev–Trinajstić information content (AvgIpc) is 2.76. The van der Waals surface area contributed by atoms with Crippen molar-refractivity contribution in [2.24, 2.45) is 29.4 Å². The lowest BCUT2D eigenvalue weighted by molar-refractivity contribution is -0.00990. The Morgan fingerprint density at radius 1 is 1.00 bits per heavy atom. The molecular formula is C16H23NO. The Bertz CT molecular complexity index is 408. The molecule has 4 fully saturated rings. The van der Waals surface area contributed by atoms with Crippen molar-refractivity contribution in [1.82, 2.24) is 0 Å². The Morgan fingerprint density at radius 3 is 2.28 bits per heavy atom. The average molecular weight is 245 g/mol. The maximum atomic E-state index is 6.07. The standard InChI is InChI=1S/C16H23NO/c17-4-3-14-1-2-15(18-14)16-12-6-10-5-11(8-12)9-13(16)7-10/h1-2,10-13,16H,3-9,17H2. The van der Waals surface area contributed by atoms with Crippen molar-refractivity contribution in [2.45, 2.75) is 44.4 Å². The molecule has 1 aromatic rings. The van der Waals surface area contributed by atoms with Crippen LogP contribution >= 0.6 is 0 Å². The zero-order valence-electron chi connectivity index (χ0n) is 11.0. The summed E-state index contributed by atoms with van der Waals surface area (Å²) in [7, 11) is 0. The molecule has 4 aliphatic carbocycles. The Kier molecular flexibility index (Phi) is 2.54. The maximum Gasteiger partial charge on any atom is 0.107 e. The van der Waals surface area contributed by atoms with E-state index in [-0.39, 0.29) is 0 Å². The third kappa shape index (κ3) is 1.65. The van der Waals surface area contributed by atoms with Crippen molar-refractivity contribution in [2.75, 3.05) is 6.54 Å². The van der Waals surface area contributed by atoms with Crippen molar-refractivity contribution in [3.63, 3.8) is 0 Å². The predicted octanol–water partition coefficient (Wildman–Crippen LogP) is 3.32. The van der Waals surface area contributed by atoms with Crippen LogP contribution in [0.1, 0.15) is 49.5 Å². The minimum atomic E-state index is 0.689. The molecule has 0 saturated heterocycles. The first-order chi connectivity index (χ1) is 8.83. The lowest BCUT2D eigenvalue weighted by Gasteiger charge is -2.53. The molecule has 0 unspecified atom stereocenters. The predicted molar refractivity (Wildman–Crippen MR) is 71.3 cm³/mol. The van der Waals surface area contributed by atoms with E-state index >= 15 is 0 Å². The van der Waals surface area contributed by atoms with Crippen LogP contribution in [0.15, 0.2) is 16.5 Å². The van der Waals surface area contributed by atoms with Gasteiger partial charge < -0.3 is 10.2 Å². The topological polar surface area (TPSA) is 39.2 Å². The van der Waals surface area contributed by atoms with Gasteiger partial charge in [-0.2, -0.15) is 0 Å². The second-order valence-electron chi connectivity index (χ2n) is 6.80. The highest BCUT2D eigenvalue weighted by Gasteiger charge is 2.49. The van der Waals surface area contributed by atoms with E-state index in [2.05, 4.69) is 12.1 Å². The zero-order valence-corrected chi connectivity index (χ0v) is 11.0. The molecule has 0 aromatic carbocycles. The van der Waals surface area contributed by atoms with Crippen molar-refractivity contribution >= 4 is 0 Å². The summed E-state index contributed by atoms with van der Waals surface area (Å²) in [6, 6.07) is 4.38. The van der Waals surface area contributed by atoms with E-state index in [1.807, 2.05) is 0 Å². The molecule has 1 heterocycles. The molecule has 0 aliphatic heterocycles. The first kappa shape index (κ1) is 11.1. The molecule has 4 aliphatic rings. The third-order valence-electron chi connectivity index (χ3n) is 5.63. The van der Waals surface area contributed by atoms with Gasteiger partial charge in [0.1, 0.15) is 11.5 Å². The first-order valence-electron chi connectivity index (χ1n) is 7.62. The summed E-state index contributed by atoms with van der Waals surface area (Å²) < 4.78 is 6.07. The van der Waals surface area contributed by atoms with Gasteiger partial charge in [0.2, 0.25) is 0 Å². The second kappa shape index (κ2) is 4.12. The van der Waals surface area contributed by atoms with Crippen LogP contribution in [-0.4, -0.2) is 6.54 Å². The van der Waals surface area contributed by atoms with E-state index in [9.17, 15) is 0 Å². The molecular weight excluding hydrogens is 222 g/mol. The van der Waals surface area contributed by atoms with Crippen molar-refractivity contribution in [1.29, 1.82) is 0 Å². The molecule has 2 heteroatoms. The summed E-state index contributed by atoms with van der Waals surface area (Å²) in [4.78, 5) is 0. The van der Waals surface area contributed by atoms with E-state index in [0.29, 0.717) is 6.54 Å². The van der Waals surface area contributed by atoms with Crippen LogP contribution in [-0.2, 0) is 6.42 Å². The van der Waals surface area contributed by atoms with Crippen LogP contribution in [0.25, 0.3) is 0 Å². The molecule has 2 nitrogen and oxygen atoms in total. The van der Waals surface area contributed by atoms with Gasteiger partial charge in [-0.3, -0.25) is 0 Å². The van der Waals surface area contributed by atoms with Crippen LogP contribution in [0.2, 0.25) is 0 Å². The van der Waals surface area contributed by atoms with Gasteiger partial charge in [-0.05, 0) is 74.5 Å². The van der Waals surface area contributed by atoms with E-state index in [1.165, 1.54) is 37.9 Å². The minimum absolute atomic E-state index is 0.689. The monoisotopic (exact) mass is 245 g/mol. The van der Waals surface area contributed by atoms with Gasteiger partial charge >= 0.3 is 0 Å². The first-order valence-corrected chi connectivity index (χ1v) is 7.62. The largest absolute Gasteiger partial charge is 0.466 e. The van der Waals surface area contributed by atoms with Gasteiger partial charge in [0.05, 0.1) is 0 Å². The summed E-state index contributed by atoms with van der Waals surface area (Å²) in [6.07, 6.45) is 8.26. The molecule has 18 heavy (non-hydrogen) atoms. The van der Waals surface area contributed by atoms with E-state index < -0.39 is 0 Å². The molecule has 1 aromatic heterocycles. The number of rotatable bonds is 3. The van der Waals surface area contributed by atoms with Gasteiger partial charge in [0, 0.05) is 12.3 Å². The van der Waals surface area contributed by atoms with Crippen LogP contribution in [0, 0.1) is 23.7 Å². The fourth-order valence-electron chi connectivity index (χ4n) is 5.24. The fourth-order valence-corrected chi connectivity index (χ4v) is 5.24. The SMILES string of the molecule is NCCc1ccc(C2C3CC4CC(C3)CC2C4)o1. The molecule has 0 amide bonds. The molecule has 0 spiro atoms. The second-order valence-corrected chi connectivity index (χ2v) is 6.80. The highest BCUT2D eigenvalue weighted by atomic mass is 16.3. The molecule has 5 rings (SSSR count). The van der Waals surface area contributed by atoms with Crippen molar-refractivity contribution in [3.05, 3.63) is 23.7 Å². The number of hydrogen-bond acceptors (Lipinski definition) is 2. The quantitative estimate of drug-likeness (QED) is 0.887. The Morgan fingerprint density at radius 2 is 1.67 bits per heavy atom. The molecule has 4 saturated carbocycles. The van der Waals surface area contributed by atoms with E-state index in [1.54, 1.807) is 0 Å². The van der Waals surface area contributed by atoms with Gasteiger partial charge in [-0.15, -0.1) is 0 Å². The maximum absolute atomic E-state index is 6.07. The van der Waals surface area contributed by atoms with Crippen molar-refractivity contribution in [3.8, 4) is 0 Å². The Hall–Kier alpha value is -0.760. The Balaban J connectivity index is 1.60. The molecule has 98 valence electrons. The highest BCUT2D eigenvalue weighted by Crippen LogP contribution is 2.59. The Labute approximate surface area is 109 Å². The van der Waals surface area contributed by atoms with Gasteiger partial charge in [0.15, 0.2) is 0 Å². The number of nitrogens with two attached hydrogens (primary N) is 1.